The van der Waals surface area contributed by atoms with E-state index < -0.39 is 0 Å². The average molecular weight is 352 g/mol. The van der Waals surface area contributed by atoms with Gasteiger partial charge in [0.1, 0.15) is 0 Å². The first-order valence-electron chi connectivity index (χ1n) is 9.47. The Hall–Kier alpha value is -2.01. The molecule has 0 N–H and O–H groups in total. The van der Waals surface area contributed by atoms with E-state index in [9.17, 15) is 4.79 Å². The van der Waals surface area contributed by atoms with Crippen LogP contribution in [-0.4, -0.2) is 61.5 Å². The van der Waals surface area contributed by atoms with Crippen molar-refractivity contribution in [3.8, 4) is 0 Å². The Morgan fingerprint density at radius 1 is 0.885 bits per heavy atom. The molecule has 2 aromatic rings. The van der Waals surface area contributed by atoms with Gasteiger partial charge in [-0.2, -0.15) is 0 Å². The number of carbonyl (C=O) groups is 1. The van der Waals surface area contributed by atoms with Gasteiger partial charge in [0.25, 0.3) is 0 Å². The van der Waals surface area contributed by atoms with Crippen molar-refractivity contribution in [2.24, 2.45) is 0 Å². The predicted molar refractivity (Wildman–Crippen MR) is 105 cm³/mol. The van der Waals surface area contributed by atoms with Gasteiger partial charge < -0.3 is 4.74 Å². The van der Waals surface area contributed by atoms with Crippen LogP contribution in [0.1, 0.15) is 28.4 Å². The Labute approximate surface area is 156 Å². The van der Waals surface area contributed by atoms with Crippen molar-refractivity contribution in [2.45, 2.75) is 13.5 Å². The van der Waals surface area contributed by atoms with E-state index in [-0.39, 0.29) is 5.78 Å². The highest BCUT2D eigenvalue weighted by Gasteiger charge is 2.17. The number of ketones is 1. The minimum absolute atomic E-state index is 0.0834. The van der Waals surface area contributed by atoms with E-state index in [0.717, 1.165) is 63.6 Å². The highest BCUT2D eigenvalue weighted by atomic mass is 16.5. The topological polar surface area (TPSA) is 32.8 Å². The summed E-state index contributed by atoms with van der Waals surface area (Å²) in [5, 5.41) is 0. The third-order valence-corrected chi connectivity index (χ3v) is 4.88. The molecule has 0 saturated carbocycles. The molecule has 1 fully saturated rings. The molecule has 4 heteroatoms. The van der Waals surface area contributed by atoms with Gasteiger partial charge in [-0.05, 0) is 12.5 Å². The standard InChI is InChI=1S/C22H28N2O2/c1-2-26-17-16-23-12-14-24(15-13-23)18-19-8-10-21(11-9-19)22(25)20-6-4-3-5-7-20/h3-11H,2,12-18H2,1H3. The van der Waals surface area contributed by atoms with Crippen LogP contribution in [-0.2, 0) is 11.3 Å². The number of piperazine rings is 1. The second-order valence-corrected chi connectivity index (χ2v) is 6.71. The van der Waals surface area contributed by atoms with E-state index in [2.05, 4.69) is 21.9 Å². The molecule has 26 heavy (non-hydrogen) atoms. The van der Waals surface area contributed by atoms with Crippen LogP contribution in [0.2, 0.25) is 0 Å². The van der Waals surface area contributed by atoms with Gasteiger partial charge in [0.2, 0.25) is 0 Å². The fourth-order valence-electron chi connectivity index (χ4n) is 3.28. The normalized spacial score (nSPS) is 15.9. The highest BCUT2D eigenvalue weighted by molar-refractivity contribution is 6.08. The smallest absolute Gasteiger partial charge is 0.193 e. The first kappa shape index (κ1) is 18.8. The molecule has 1 aliphatic rings. The van der Waals surface area contributed by atoms with Gasteiger partial charge in [-0.1, -0.05) is 54.6 Å². The minimum Gasteiger partial charge on any atom is -0.380 e. The van der Waals surface area contributed by atoms with Crippen LogP contribution < -0.4 is 0 Å². The molecule has 0 amide bonds. The Morgan fingerprint density at radius 2 is 1.50 bits per heavy atom. The second-order valence-electron chi connectivity index (χ2n) is 6.71. The Bertz CT molecular complexity index is 677. The molecule has 4 nitrogen and oxygen atoms in total. The largest absolute Gasteiger partial charge is 0.380 e. The van der Waals surface area contributed by atoms with Crippen molar-refractivity contribution in [3.05, 3.63) is 71.3 Å². The molecule has 0 spiro atoms. The van der Waals surface area contributed by atoms with Crippen molar-refractivity contribution in [3.63, 3.8) is 0 Å². The van der Waals surface area contributed by atoms with Crippen LogP contribution >= 0.6 is 0 Å². The zero-order valence-electron chi connectivity index (χ0n) is 15.6. The van der Waals surface area contributed by atoms with Crippen molar-refractivity contribution in [1.29, 1.82) is 0 Å². The fraction of sp³-hybridized carbons (Fsp3) is 0.409. The number of carbonyl (C=O) groups excluding carboxylic acids is 1. The van der Waals surface area contributed by atoms with Gasteiger partial charge in [0, 0.05) is 57.0 Å². The minimum atomic E-state index is 0.0834. The van der Waals surface area contributed by atoms with Gasteiger partial charge in [-0.25, -0.2) is 0 Å². The van der Waals surface area contributed by atoms with E-state index in [1.807, 2.05) is 49.4 Å². The summed E-state index contributed by atoms with van der Waals surface area (Å²) >= 11 is 0. The third-order valence-electron chi connectivity index (χ3n) is 4.88. The maximum absolute atomic E-state index is 12.5. The molecular formula is C22H28N2O2. The molecule has 1 aliphatic heterocycles. The molecule has 1 saturated heterocycles. The Balaban J connectivity index is 1.49. The molecule has 0 unspecified atom stereocenters. The van der Waals surface area contributed by atoms with E-state index in [1.54, 1.807) is 0 Å². The molecule has 0 aliphatic carbocycles. The van der Waals surface area contributed by atoms with Crippen LogP contribution in [0.3, 0.4) is 0 Å². The summed E-state index contributed by atoms with van der Waals surface area (Å²) in [5.74, 6) is 0.0834. The monoisotopic (exact) mass is 352 g/mol. The maximum Gasteiger partial charge on any atom is 0.193 e. The van der Waals surface area contributed by atoms with Gasteiger partial charge in [0.05, 0.1) is 6.61 Å². The summed E-state index contributed by atoms with van der Waals surface area (Å²) in [4.78, 5) is 17.4. The molecule has 0 bridgehead atoms. The lowest BCUT2D eigenvalue weighted by atomic mass is 10.0. The summed E-state index contributed by atoms with van der Waals surface area (Å²) < 4.78 is 5.44. The molecule has 138 valence electrons. The number of rotatable bonds is 8. The van der Waals surface area contributed by atoms with Crippen LogP contribution in [0, 0.1) is 0 Å². The lowest BCUT2D eigenvalue weighted by molar-refractivity contribution is 0.0786. The van der Waals surface area contributed by atoms with Crippen molar-refractivity contribution in [1.82, 2.24) is 9.80 Å². The lowest BCUT2D eigenvalue weighted by Gasteiger charge is -2.34. The quantitative estimate of drug-likeness (QED) is 0.540. The first-order chi connectivity index (χ1) is 12.8. The zero-order chi connectivity index (χ0) is 18.2. The maximum atomic E-state index is 12.5. The summed E-state index contributed by atoms with van der Waals surface area (Å²) in [7, 11) is 0. The van der Waals surface area contributed by atoms with Crippen LogP contribution in [0.25, 0.3) is 0 Å². The van der Waals surface area contributed by atoms with Gasteiger partial charge in [0.15, 0.2) is 5.78 Å². The van der Waals surface area contributed by atoms with E-state index >= 15 is 0 Å². The van der Waals surface area contributed by atoms with Crippen molar-refractivity contribution < 1.29 is 9.53 Å². The van der Waals surface area contributed by atoms with E-state index in [1.165, 1.54) is 5.56 Å². The molecule has 0 radical (unpaired) electrons. The molecule has 3 rings (SSSR count). The SMILES string of the molecule is CCOCCN1CCN(Cc2ccc(C(=O)c3ccccc3)cc2)CC1. The van der Waals surface area contributed by atoms with Crippen LogP contribution in [0.5, 0.6) is 0 Å². The number of hydrogen-bond acceptors (Lipinski definition) is 4. The third kappa shape index (κ3) is 5.24. The van der Waals surface area contributed by atoms with Crippen LogP contribution in [0.15, 0.2) is 54.6 Å². The zero-order valence-corrected chi connectivity index (χ0v) is 15.6. The van der Waals surface area contributed by atoms with Gasteiger partial charge >= 0.3 is 0 Å². The highest BCUT2D eigenvalue weighted by Crippen LogP contribution is 2.13. The predicted octanol–water partition coefficient (Wildman–Crippen LogP) is 3.07. The number of benzene rings is 2. The van der Waals surface area contributed by atoms with E-state index in [4.69, 9.17) is 4.74 Å². The lowest BCUT2D eigenvalue weighted by Crippen LogP contribution is -2.46. The first-order valence-corrected chi connectivity index (χ1v) is 9.47. The van der Waals surface area contributed by atoms with E-state index in [0.29, 0.717) is 0 Å². The molecule has 0 aromatic heterocycles. The summed E-state index contributed by atoms with van der Waals surface area (Å²) in [6.45, 7) is 9.98. The molecule has 0 atom stereocenters. The number of nitrogens with zero attached hydrogens (tertiary/aromatic N) is 2. The van der Waals surface area contributed by atoms with Crippen molar-refractivity contribution in [2.75, 3.05) is 45.9 Å². The Morgan fingerprint density at radius 3 is 2.15 bits per heavy atom. The summed E-state index contributed by atoms with van der Waals surface area (Å²) in [5.41, 5.74) is 2.75. The van der Waals surface area contributed by atoms with Crippen molar-refractivity contribution >= 4 is 5.78 Å². The molecule has 1 heterocycles. The Kier molecular flexibility index (Phi) is 6.95. The summed E-state index contributed by atoms with van der Waals surface area (Å²) in [6, 6.07) is 17.5. The number of hydrogen-bond donors (Lipinski definition) is 0. The second kappa shape index (κ2) is 9.62. The average Bonchev–Trinajstić information content (AvgIpc) is 2.70. The molecule has 2 aromatic carbocycles. The fourth-order valence-corrected chi connectivity index (χ4v) is 3.28. The number of ether oxygens (including phenoxy) is 1. The molecular weight excluding hydrogens is 324 g/mol. The summed E-state index contributed by atoms with van der Waals surface area (Å²) in [6.07, 6.45) is 0. The van der Waals surface area contributed by atoms with Crippen LogP contribution in [0.4, 0.5) is 0 Å². The van der Waals surface area contributed by atoms with Gasteiger partial charge in [-0.3, -0.25) is 14.6 Å². The van der Waals surface area contributed by atoms with Gasteiger partial charge in [-0.15, -0.1) is 0 Å².